The Morgan fingerprint density at radius 1 is 0.540 bits per heavy atom. The zero-order valence-corrected chi connectivity index (χ0v) is 82.8. The highest BCUT2D eigenvalue weighted by atomic mass is 35.5. The molecule has 0 bridgehead atoms. The molecule has 5 amide bonds. The van der Waals surface area contributed by atoms with E-state index in [0.717, 1.165) is 43.3 Å². The first-order valence-corrected chi connectivity index (χ1v) is 49.5. The second kappa shape index (κ2) is 75.4. The SMILES string of the molecule is C#CCOCCOCCOCCOCCC(=O)N(CC(=O)NCCOCCOCCOCCOCCOCCOCCOCCOCCOCCOCCOCCOC)CC(=O)NCCn1cc(COCCOCCOCCOCCOCCOCCOCCCCN(C(=O)OC(C)(C)C)[C@H]2CCN(c3nc4cc(C5CCCCN5C(=O)c5cc(Cl)ccc5NS(C)(=O)=O)nn4cc3C)C2)nn1. The molecule has 2 fully saturated rings. The van der Waals surface area contributed by atoms with Gasteiger partial charge in [-0.3, -0.25) is 28.6 Å². The molecule has 4 aromatic rings. The number of aromatic nitrogens is 6. The van der Waals surface area contributed by atoms with E-state index in [1.165, 1.54) is 23.1 Å². The van der Waals surface area contributed by atoms with Crippen LogP contribution in [0.2, 0.25) is 5.02 Å². The number of piperidine rings is 1. The molecule has 3 aromatic heterocycles. The highest BCUT2D eigenvalue weighted by molar-refractivity contribution is 7.92. The van der Waals surface area contributed by atoms with Crippen LogP contribution in [-0.4, -0.2) is 451 Å². The number of carbonyl (C=O) groups excluding carboxylic acids is 5. The van der Waals surface area contributed by atoms with Crippen molar-refractivity contribution < 1.29 is 146 Å². The lowest BCUT2D eigenvalue weighted by atomic mass is 9.98. The Kier molecular flexibility index (Phi) is 65.2. The van der Waals surface area contributed by atoms with Gasteiger partial charge in [0.1, 0.15) is 36.8 Å². The number of fused-ring (bicyclic) bond motifs is 1. The van der Waals surface area contributed by atoms with Crippen molar-refractivity contribution in [2.24, 2.45) is 0 Å². The number of halogens is 1. The van der Waals surface area contributed by atoms with Crippen LogP contribution in [0.25, 0.3) is 5.65 Å². The number of carbonyl (C=O) groups is 5. The number of aryl methyl sites for hydroxylation is 1. The van der Waals surface area contributed by atoms with E-state index < -0.39 is 33.3 Å². The minimum atomic E-state index is -3.68. The summed E-state index contributed by atoms with van der Waals surface area (Å²) in [4.78, 5) is 79.7. The Hall–Kier alpha value is -7.39. The molecule has 137 heavy (non-hydrogen) atoms. The Morgan fingerprint density at radius 3 is 1.47 bits per heavy atom. The van der Waals surface area contributed by atoms with Gasteiger partial charge < -0.3 is 144 Å². The number of sulfonamides is 1. The lowest BCUT2D eigenvalue weighted by molar-refractivity contribution is -0.140. The summed E-state index contributed by atoms with van der Waals surface area (Å²) in [7, 11) is -2.04. The molecule has 5 heterocycles. The molecule has 780 valence electrons. The van der Waals surface area contributed by atoms with E-state index >= 15 is 0 Å². The molecular formula is C91H152ClN13O31S. The summed E-state index contributed by atoms with van der Waals surface area (Å²) in [6.45, 7) is 27.2. The first-order valence-electron chi connectivity index (χ1n) is 47.2. The number of unbranched alkanes of at least 4 members (excludes halogenated alkanes) is 1. The van der Waals surface area contributed by atoms with Crippen LogP contribution in [-0.2, 0) is 151 Å². The molecule has 2 saturated heterocycles. The number of amides is 5. The number of methoxy groups -OCH3 is 1. The van der Waals surface area contributed by atoms with Crippen molar-refractivity contribution in [2.45, 2.75) is 103 Å². The molecule has 0 saturated carbocycles. The third-order valence-corrected chi connectivity index (χ3v) is 20.8. The van der Waals surface area contributed by atoms with Crippen LogP contribution in [0.4, 0.5) is 16.3 Å². The average Bonchev–Trinajstić information content (AvgIpc) is 1.64. The third-order valence-electron chi connectivity index (χ3n) is 19.9. The molecule has 2 atom stereocenters. The summed E-state index contributed by atoms with van der Waals surface area (Å²) in [5, 5.41) is 19.0. The molecule has 46 heteroatoms. The molecule has 0 spiro atoms. The predicted octanol–water partition coefficient (Wildman–Crippen LogP) is 3.91. The number of terminal acetylenes is 1. The van der Waals surface area contributed by atoms with E-state index in [9.17, 15) is 32.4 Å². The smallest absolute Gasteiger partial charge is 0.410 e. The first kappa shape index (κ1) is 118. The molecule has 2 aliphatic rings. The van der Waals surface area contributed by atoms with E-state index in [2.05, 4.69) is 36.5 Å². The quantitative estimate of drug-likeness (QED) is 0.0416. The molecule has 1 unspecified atom stereocenters. The topological polar surface area (TPSA) is 451 Å². The monoisotopic (exact) mass is 1990 g/mol. The Labute approximate surface area is 811 Å². The fourth-order valence-electron chi connectivity index (χ4n) is 13.4. The van der Waals surface area contributed by atoms with E-state index in [-0.39, 0.29) is 121 Å². The van der Waals surface area contributed by atoms with Crippen molar-refractivity contribution in [1.82, 2.24) is 54.9 Å². The molecule has 1 aromatic carbocycles. The molecule has 6 rings (SSSR count). The number of benzene rings is 1. The minimum Gasteiger partial charge on any atom is -0.444 e. The Morgan fingerprint density at radius 2 is 0.993 bits per heavy atom. The normalized spacial score (nSPS) is 14.1. The van der Waals surface area contributed by atoms with Gasteiger partial charge in [0.25, 0.3) is 5.91 Å². The van der Waals surface area contributed by atoms with Crippen LogP contribution in [0.5, 0.6) is 0 Å². The number of nitrogens with zero attached hydrogens (tertiary/aromatic N) is 10. The van der Waals surface area contributed by atoms with Gasteiger partial charge in [0.05, 0.1) is 339 Å². The summed E-state index contributed by atoms with van der Waals surface area (Å²) >= 11 is 6.33. The molecule has 3 N–H and O–H groups in total. The van der Waals surface area contributed by atoms with Crippen molar-refractivity contribution in [3.8, 4) is 12.3 Å². The van der Waals surface area contributed by atoms with E-state index in [1.54, 1.807) is 27.4 Å². The summed E-state index contributed by atoms with van der Waals surface area (Å²) in [6.07, 6.45) is 13.9. The average molecular weight is 1990 g/mol. The zero-order valence-electron chi connectivity index (χ0n) is 81.2. The fraction of sp³-hybridized carbons (Fsp3) is 0.769. The van der Waals surface area contributed by atoms with Crippen molar-refractivity contribution in [3.63, 3.8) is 0 Å². The van der Waals surface area contributed by atoms with Crippen LogP contribution in [0.3, 0.4) is 0 Å². The van der Waals surface area contributed by atoms with Crippen LogP contribution in [0.1, 0.15) is 99.1 Å². The van der Waals surface area contributed by atoms with Gasteiger partial charge in [-0.1, -0.05) is 22.7 Å². The number of likely N-dealkylation sites (tertiary alicyclic amines) is 1. The summed E-state index contributed by atoms with van der Waals surface area (Å²) < 4.78 is 163. The van der Waals surface area contributed by atoms with Crippen molar-refractivity contribution in [3.05, 3.63) is 64.2 Å². The fourth-order valence-corrected chi connectivity index (χ4v) is 14.1. The Balaban J connectivity index is 0.717. The number of anilines is 2. The highest BCUT2D eigenvalue weighted by Crippen LogP contribution is 2.35. The van der Waals surface area contributed by atoms with Gasteiger partial charge in [-0.25, -0.2) is 22.7 Å². The standard InChI is InChI=1S/C91H152ClN13O31S/c1-8-24-114-30-34-119-40-42-121-36-32-116-26-17-87(108)101(74-86(107)94-19-27-117-33-37-122-43-45-125-49-51-127-54-55-129-58-59-131-61-60-130-57-56-128-53-52-126-47-46-123-39-38-118-29-28-113-6)73-85(106)93-18-23-102-71-78(96-99-102)75-135-67-66-134-65-64-133-63-62-132-50-48-124-44-41-120-35-31-115-25-12-11-20-103(90(110)136-91(3,4)5)79-16-22-100(72-79)88-76(2)70-105-84(95-88)69-82(97-105)83-13-9-10-21-104(83)89(109)80-68-77(92)14-15-81(80)98-137(7,111)112/h1,14-15,68-71,79,83,98H,9-13,16-67,72-75H2,2-7H3,(H,93,106)(H,94,107)/t79-,83?/m0/s1. The molecule has 0 radical (unpaired) electrons. The number of hydrogen-bond donors (Lipinski definition) is 3. The first-order chi connectivity index (χ1) is 66.7. The van der Waals surface area contributed by atoms with Gasteiger partial charge in [-0.15, -0.1) is 11.5 Å². The number of rotatable bonds is 87. The third kappa shape index (κ3) is 56.7. The second-order valence-corrected chi connectivity index (χ2v) is 34.4. The van der Waals surface area contributed by atoms with Gasteiger partial charge in [-0.2, -0.15) is 5.10 Å². The van der Waals surface area contributed by atoms with Crippen LogP contribution in [0.15, 0.2) is 36.7 Å². The molecule has 0 aliphatic carbocycles. The van der Waals surface area contributed by atoms with Crippen LogP contribution in [0, 0.1) is 19.3 Å². The van der Waals surface area contributed by atoms with E-state index in [0.29, 0.717) is 312 Å². The minimum absolute atomic E-state index is 0.0384. The van der Waals surface area contributed by atoms with Gasteiger partial charge in [-0.05, 0) is 84.4 Å². The summed E-state index contributed by atoms with van der Waals surface area (Å²) in [5.41, 5.74) is 2.40. The lowest BCUT2D eigenvalue weighted by Gasteiger charge is -2.35. The maximum atomic E-state index is 14.2. The van der Waals surface area contributed by atoms with E-state index in [1.807, 2.05) is 44.9 Å². The van der Waals surface area contributed by atoms with Crippen LogP contribution >= 0.6 is 11.6 Å². The van der Waals surface area contributed by atoms with Gasteiger partial charge >= 0.3 is 6.09 Å². The maximum Gasteiger partial charge on any atom is 0.410 e. The van der Waals surface area contributed by atoms with Crippen LogP contribution < -0.4 is 20.3 Å². The van der Waals surface area contributed by atoms with Gasteiger partial charge in [0, 0.05) is 75.8 Å². The van der Waals surface area contributed by atoms with E-state index in [4.69, 9.17) is 142 Å². The summed E-state index contributed by atoms with van der Waals surface area (Å²) in [5.74, 6) is 1.41. The second-order valence-electron chi connectivity index (χ2n) is 32.2. The highest BCUT2D eigenvalue weighted by Gasteiger charge is 2.36. The van der Waals surface area contributed by atoms with Gasteiger partial charge in [0.15, 0.2) is 5.65 Å². The maximum absolute atomic E-state index is 14.2. The number of nitrogens with one attached hydrogen (secondary N) is 3. The van der Waals surface area contributed by atoms with Crippen molar-refractivity contribution in [2.75, 3.05) is 366 Å². The largest absolute Gasteiger partial charge is 0.444 e. The molecule has 2 aliphatic heterocycles. The number of hydrogen-bond acceptors (Lipinski definition) is 36. The predicted molar refractivity (Wildman–Crippen MR) is 503 cm³/mol. The molecule has 44 nitrogen and oxygen atoms in total. The number of ether oxygens (including phenoxy) is 24. The summed E-state index contributed by atoms with van der Waals surface area (Å²) in [6, 6.07) is 5.93. The zero-order chi connectivity index (χ0) is 98.1. The van der Waals surface area contributed by atoms with Gasteiger partial charge in [0.2, 0.25) is 27.7 Å². The molecular weight excluding hydrogens is 1840 g/mol. The van der Waals surface area contributed by atoms with Crippen molar-refractivity contribution in [1.29, 1.82) is 0 Å². The lowest BCUT2D eigenvalue weighted by Crippen LogP contribution is -2.46. The van der Waals surface area contributed by atoms with Crippen molar-refractivity contribution >= 4 is 68.5 Å². The Bertz CT molecular complexity index is 4010.